The highest BCUT2D eigenvalue weighted by Gasteiger charge is 2.55. The van der Waals surface area contributed by atoms with Crippen LogP contribution in [0.5, 0.6) is 0 Å². The molecule has 2 aliphatic rings. The van der Waals surface area contributed by atoms with Gasteiger partial charge < -0.3 is 49.3 Å². The summed E-state index contributed by atoms with van der Waals surface area (Å²) in [4.78, 5) is 36.8. The number of nitrogens with two attached hydrogens (primary N) is 1. The highest BCUT2D eigenvalue weighted by molar-refractivity contribution is 7.62. The largest absolute Gasteiger partial charge is 0.388 e. The van der Waals surface area contributed by atoms with Gasteiger partial charge in [-0.2, -0.15) is 19.9 Å². The van der Waals surface area contributed by atoms with Crippen LogP contribution in [0, 0.1) is 11.3 Å². The second-order valence-electron chi connectivity index (χ2n) is 15.5. The van der Waals surface area contributed by atoms with Crippen molar-refractivity contribution in [3.8, 4) is 0 Å². The Morgan fingerprint density at radius 3 is 2.13 bits per heavy atom. The molecule has 55 heavy (non-hydrogen) atoms. The number of nitrogens with one attached hydrogen (secondary N) is 1. The van der Waals surface area contributed by atoms with Gasteiger partial charge in [0.15, 0.2) is 59.2 Å². The first-order valence-corrected chi connectivity index (χ1v) is 23.2. The number of aromatic nitrogens is 8. The maximum Gasteiger partial charge on any atom is 0.230 e. The predicted molar refractivity (Wildman–Crippen MR) is 202 cm³/mol. The van der Waals surface area contributed by atoms with Gasteiger partial charge in [-0.15, -0.1) is 0 Å². The third-order valence-corrected chi connectivity index (χ3v) is 10.4. The average molecular weight is 854 g/mol. The SMILES string of the molecule is C[C@@H]1[C@@H](OCP(C)(C)=O)O[C@@H](n2cnc3c(NC(=O)C(C)(C)C)nc(Cl)nc32)[C@@H]1O.C[C@@]1(n2cnc3c(N)nc(Cl)nc32)O[C@H](OCP(C)(C)=O)[C@@H](O)[C@@H]1F. The van der Waals surface area contributed by atoms with Crippen molar-refractivity contribution in [2.45, 2.75) is 77.5 Å². The van der Waals surface area contributed by atoms with Gasteiger partial charge in [0.05, 0.1) is 12.7 Å². The Kier molecular flexibility index (Phi) is 12.4. The molecule has 4 aromatic heterocycles. The number of amides is 1. The molecule has 304 valence electrons. The first-order chi connectivity index (χ1) is 25.3. The Bertz CT molecular complexity index is 2160. The number of hydrogen-bond donors (Lipinski definition) is 4. The number of aliphatic hydroxyl groups excluding tert-OH is 2. The molecule has 19 nitrogen and oxygen atoms in total. The van der Waals surface area contributed by atoms with Gasteiger partial charge in [0.25, 0.3) is 0 Å². The summed E-state index contributed by atoms with van der Waals surface area (Å²) in [5, 5.41) is 23.4. The maximum atomic E-state index is 14.8. The number of nitrogens with zero attached hydrogens (tertiary/aromatic N) is 8. The zero-order valence-electron chi connectivity index (χ0n) is 31.5. The molecule has 4 aromatic rings. The van der Waals surface area contributed by atoms with E-state index < -0.39 is 62.6 Å². The van der Waals surface area contributed by atoms with Crippen LogP contribution in [0.3, 0.4) is 0 Å². The number of imidazole rings is 2. The van der Waals surface area contributed by atoms with Gasteiger partial charge in [-0.3, -0.25) is 13.9 Å². The number of rotatable bonds is 9. The van der Waals surface area contributed by atoms with E-state index in [4.69, 9.17) is 47.9 Å². The summed E-state index contributed by atoms with van der Waals surface area (Å²) in [5.74, 6) is -0.417. The van der Waals surface area contributed by atoms with Crippen LogP contribution in [-0.4, -0.2) is 125 Å². The summed E-state index contributed by atoms with van der Waals surface area (Å²) >= 11 is 11.9. The Hall–Kier alpha value is -2.90. The molecule has 0 saturated carbocycles. The third-order valence-electron chi connectivity index (χ3n) is 8.53. The molecular weight excluding hydrogens is 808 g/mol. The number of ether oxygens (including phenoxy) is 4. The molecular formula is C31H45Cl2FN10O9P2. The topological polar surface area (TPSA) is 254 Å². The van der Waals surface area contributed by atoms with Gasteiger partial charge in [-0.1, -0.05) is 27.7 Å². The van der Waals surface area contributed by atoms with Crippen LogP contribution in [0.15, 0.2) is 12.7 Å². The molecule has 1 amide bonds. The summed E-state index contributed by atoms with van der Waals surface area (Å²) in [6.07, 6.45) is -4.64. The number of nitrogen functional groups attached to an aromatic ring is 1. The van der Waals surface area contributed by atoms with Crippen molar-refractivity contribution >= 4 is 77.4 Å². The first kappa shape index (κ1) is 43.2. The lowest BCUT2D eigenvalue weighted by Crippen LogP contribution is -2.40. The Balaban J connectivity index is 0.000000214. The van der Waals surface area contributed by atoms with E-state index in [1.54, 1.807) is 41.0 Å². The van der Waals surface area contributed by atoms with Gasteiger partial charge in [0.2, 0.25) is 16.5 Å². The molecule has 2 fully saturated rings. The van der Waals surface area contributed by atoms with E-state index in [2.05, 4.69) is 35.2 Å². The van der Waals surface area contributed by atoms with E-state index >= 15 is 0 Å². The van der Waals surface area contributed by atoms with Gasteiger partial charge >= 0.3 is 0 Å². The van der Waals surface area contributed by atoms with Crippen molar-refractivity contribution in [3.63, 3.8) is 0 Å². The lowest BCUT2D eigenvalue weighted by molar-refractivity contribution is -0.201. The van der Waals surface area contributed by atoms with Crippen molar-refractivity contribution in [1.29, 1.82) is 0 Å². The number of carbonyl (C=O) groups excluding carboxylic acids is 1. The second-order valence-corrected chi connectivity index (χ2v) is 22.9. The first-order valence-electron chi connectivity index (χ1n) is 16.8. The summed E-state index contributed by atoms with van der Waals surface area (Å²) in [6, 6.07) is 0. The molecule has 0 aliphatic carbocycles. The fourth-order valence-corrected chi connectivity index (χ4v) is 6.86. The van der Waals surface area contributed by atoms with E-state index in [0.717, 1.165) is 0 Å². The van der Waals surface area contributed by atoms with Crippen LogP contribution in [0.1, 0.15) is 40.8 Å². The number of anilines is 2. The molecule has 8 atom stereocenters. The van der Waals surface area contributed by atoms with E-state index in [-0.39, 0.29) is 57.9 Å². The minimum atomic E-state index is -2.53. The molecule has 0 aromatic carbocycles. The molecule has 0 bridgehead atoms. The quantitative estimate of drug-likeness (QED) is 0.135. The zero-order valence-corrected chi connectivity index (χ0v) is 34.8. The summed E-state index contributed by atoms with van der Waals surface area (Å²) in [7, 11) is -4.93. The third kappa shape index (κ3) is 9.46. The minimum absolute atomic E-state index is 0.0389. The molecule has 0 unspecified atom stereocenters. The number of halogens is 3. The van der Waals surface area contributed by atoms with Crippen molar-refractivity contribution in [3.05, 3.63) is 23.2 Å². The monoisotopic (exact) mass is 852 g/mol. The standard InChI is InChI=1S/C18H27ClN5O5P.C13H18ClFN5O4P/c1-9-11(25)14(29-15(9)28-8-30(5,6)27)24-7-20-10-12(21-16(26)18(2,3)4)22-17(19)23-13(10)24;1-13(8(15)7(21)11(24-13)23-5-25(2,3)22)20-4-17-6-9(16)18-12(14)19-10(6)20/h7,9,11,14-15,25H,8H2,1-6H3,(H,21,22,23,26);4,7-8,11,21H,5H2,1-3H3,(H2,16,18,19)/t9-,11+,14+,15-;7-,8-,11-,13+/m00/s1. The van der Waals surface area contributed by atoms with Crippen molar-refractivity contribution < 1.29 is 47.5 Å². The second kappa shape index (κ2) is 15.8. The van der Waals surface area contributed by atoms with Crippen LogP contribution in [0.2, 0.25) is 10.6 Å². The lowest BCUT2D eigenvalue weighted by Gasteiger charge is -2.28. The number of alkyl halides is 1. The van der Waals surface area contributed by atoms with Gasteiger partial charge in [0, 0.05) is 11.3 Å². The molecule has 2 aliphatic heterocycles. The van der Waals surface area contributed by atoms with Crippen molar-refractivity contribution in [1.82, 2.24) is 39.0 Å². The van der Waals surface area contributed by atoms with Crippen LogP contribution < -0.4 is 11.1 Å². The highest BCUT2D eigenvalue weighted by Crippen LogP contribution is 2.43. The van der Waals surface area contributed by atoms with Crippen molar-refractivity contribution in [2.75, 3.05) is 50.4 Å². The smallest absolute Gasteiger partial charge is 0.230 e. The van der Waals surface area contributed by atoms with E-state index in [1.807, 2.05) is 0 Å². The number of carbonyl (C=O) groups is 1. The minimum Gasteiger partial charge on any atom is -0.388 e. The summed E-state index contributed by atoms with van der Waals surface area (Å²) < 4.78 is 63.8. The van der Waals surface area contributed by atoms with E-state index in [0.29, 0.717) is 11.2 Å². The fourth-order valence-electron chi connectivity index (χ4n) is 5.51. The Morgan fingerprint density at radius 2 is 1.53 bits per heavy atom. The highest BCUT2D eigenvalue weighted by atomic mass is 35.5. The molecule has 0 spiro atoms. The molecule has 2 saturated heterocycles. The zero-order chi connectivity index (χ0) is 41.0. The summed E-state index contributed by atoms with van der Waals surface area (Å²) in [6.45, 7) is 14.8. The molecule has 6 heterocycles. The number of aliphatic hydroxyl groups is 2. The van der Waals surface area contributed by atoms with Gasteiger partial charge in [-0.05, 0) is 56.8 Å². The summed E-state index contributed by atoms with van der Waals surface area (Å²) in [5.41, 5.74) is 4.43. The van der Waals surface area contributed by atoms with Crippen LogP contribution in [0.25, 0.3) is 22.3 Å². The molecule has 6 rings (SSSR count). The number of hydrogen-bond acceptors (Lipinski definition) is 16. The van der Waals surface area contributed by atoms with E-state index in [9.17, 15) is 28.5 Å². The predicted octanol–water partition coefficient (Wildman–Crippen LogP) is 4.30. The normalized spacial score (nSPS) is 27.4. The van der Waals surface area contributed by atoms with Crippen LogP contribution in [0.4, 0.5) is 16.0 Å². The van der Waals surface area contributed by atoms with Crippen LogP contribution >= 0.6 is 37.5 Å². The van der Waals surface area contributed by atoms with E-state index in [1.165, 1.54) is 42.0 Å². The maximum absolute atomic E-state index is 14.8. The molecule has 24 heteroatoms. The molecule has 5 N–H and O–H groups in total. The average Bonchev–Trinajstić information content (AvgIpc) is 3.80. The van der Waals surface area contributed by atoms with Crippen molar-refractivity contribution in [2.24, 2.45) is 11.3 Å². The Labute approximate surface area is 325 Å². The fraction of sp³-hybridized carbons (Fsp3) is 0.645. The van der Waals surface area contributed by atoms with Gasteiger partial charge in [-0.25, -0.2) is 14.4 Å². The molecule has 0 radical (unpaired) electrons. The lowest BCUT2D eigenvalue weighted by atomic mass is 9.96. The Morgan fingerprint density at radius 1 is 0.964 bits per heavy atom. The van der Waals surface area contributed by atoms with Crippen LogP contribution in [-0.2, 0) is 38.6 Å². The number of fused-ring (bicyclic) bond motifs is 2. The van der Waals surface area contributed by atoms with Gasteiger partial charge in [0.1, 0.15) is 44.7 Å².